The van der Waals surface area contributed by atoms with E-state index in [1.807, 2.05) is 18.2 Å². The lowest BCUT2D eigenvalue weighted by Crippen LogP contribution is -2.66. The lowest BCUT2D eigenvalue weighted by Gasteiger charge is -2.05. The Labute approximate surface area is 94.0 Å². The summed E-state index contributed by atoms with van der Waals surface area (Å²) in [5.41, 5.74) is 5.01. The van der Waals surface area contributed by atoms with Crippen LogP contribution in [0.2, 0.25) is 0 Å². The summed E-state index contributed by atoms with van der Waals surface area (Å²) < 4.78 is 4.60. The van der Waals surface area contributed by atoms with Crippen molar-refractivity contribution in [3.05, 3.63) is 35.9 Å². The summed E-state index contributed by atoms with van der Waals surface area (Å²) in [7, 11) is 1.39. The molecule has 0 aliphatic heterocycles. The van der Waals surface area contributed by atoms with Gasteiger partial charge >= 0.3 is 5.97 Å². The first-order valence-electron chi connectivity index (χ1n) is 4.76. The van der Waals surface area contributed by atoms with Crippen molar-refractivity contribution in [1.82, 2.24) is 0 Å². The third-order valence-electron chi connectivity index (χ3n) is 1.97. The molecule has 0 radical (unpaired) electrons. The number of benzene rings is 1. The van der Waals surface area contributed by atoms with Gasteiger partial charge in [-0.15, -0.1) is 0 Å². The van der Waals surface area contributed by atoms with E-state index in [2.05, 4.69) is 22.6 Å². The number of ether oxygens (including phenoxy) is 1. The van der Waals surface area contributed by atoms with E-state index in [0.717, 1.165) is 5.75 Å². The maximum Gasteiger partial charge on any atom is 0.365 e. The van der Waals surface area contributed by atoms with Crippen LogP contribution in [0.25, 0.3) is 0 Å². The summed E-state index contributed by atoms with van der Waals surface area (Å²) in [6.45, 7) is 0. The van der Waals surface area contributed by atoms with Crippen molar-refractivity contribution in [2.24, 2.45) is 0 Å². The van der Waals surface area contributed by atoms with E-state index in [9.17, 15) is 4.79 Å². The molecule has 1 rings (SSSR count). The van der Waals surface area contributed by atoms with Gasteiger partial charge in [-0.2, -0.15) is 11.8 Å². The van der Waals surface area contributed by atoms with Crippen molar-refractivity contribution in [2.75, 3.05) is 12.9 Å². The van der Waals surface area contributed by atoms with Gasteiger partial charge in [0.1, 0.15) is 0 Å². The van der Waals surface area contributed by atoms with Crippen molar-refractivity contribution >= 4 is 17.7 Å². The Morgan fingerprint density at radius 1 is 1.47 bits per heavy atom. The van der Waals surface area contributed by atoms with Crippen LogP contribution >= 0.6 is 11.8 Å². The molecule has 3 N–H and O–H groups in total. The second kappa shape index (κ2) is 6.48. The number of rotatable bonds is 5. The quantitative estimate of drug-likeness (QED) is 0.752. The molecule has 1 aromatic rings. The van der Waals surface area contributed by atoms with Crippen LogP contribution in [0.1, 0.15) is 5.56 Å². The summed E-state index contributed by atoms with van der Waals surface area (Å²) >= 11 is 1.69. The molecule has 15 heavy (non-hydrogen) atoms. The van der Waals surface area contributed by atoms with Crippen molar-refractivity contribution < 1.29 is 15.3 Å². The van der Waals surface area contributed by atoms with E-state index in [-0.39, 0.29) is 12.0 Å². The van der Waals surface area contributed by atoms with Gasteiger partial charge in [0.2, 0.25) is 0 Å². The van der Waals surface area contributed by atoms with Gasteiger partial charge in [0.15, 0.2) is 6.04 Å². The molecular formula is C11H16NO2S+. The third kappa shape index (κ3) is 4.36. The fraction of sp³-hybridized carbons (Fsp3) is 0.364. The standard InChI is InChI=1S/C11H15NO2S/c1-14-11(13)10(12)8-15-7-9-5-3-2-4-6-9/h2-6,10H,7-8,12H2,1H3/p+1/t10-/m0/s1. The van der Waals surface area contributed by atoms with E-state index < -0.39 is 0 Å². The fourth-order valence-corrected chi connectivity index (χ4v) is 2.09. The highest BCUT2D eigenvalue weighted by Crippen LogP contribution is 2.11. The van der Waals surface area contributed by atoms with E-state index in [1.165, 1.54) is 12.7 Å². The lowest BCUT2D eigenvalue weighted by molar-refractivity contribution is -0.400. The fourth-order valence-electron chi connectivity index (χ4n) is 1.13. The number of quaternary nitrogens is 1. The molecule has 0 unspecified atom stereocenters. The zero-order valence-corrected chi connectivity index (χ0v) is 9.63. The van der Waals surface area contributed by atoms with Crippen molar-refractivity contribution in [3.8, 4) is 0 Å². The minimum absolute atomic E-state index is 0.240. The monoisotopic (exact) mass is 226 g/mol. The average molecular weight is 226 g/mol. The van der Waals surface area contributed by atoms with E-state index in [4.69, 9.17) is 0 Å². The molecule has 0 aliphatic rings. The van der Waals surface area contributed by atoms with Crippen LogP contribution in [0.15, 0.2) is 30.3 Å². The van der Waals surface area contributed by atoms with Gasteiger partial charge in [0.05, 0.1) is 12.9 Å². The molecule has 0 bridgehead atoms. The maximum atomic E-state index is 11.1. The zero-order valence-electron chi connectivity index (χ0n) is 8.81. The van der Waals surface area contributed by atoms with Gasteiger partial charge in [0.25, 0.3) is 0 Å². The number of carbonyl (C=O) groups excluding carboxylic acids is 1. The lowest BCUT2D eigenvalue weighted by atomic mass is 10.2. The molecule has 0 fully saturated rings. The first kappa shape index (κ1) is 12.1. The Morgan fingerprint density at radius 3 is 2.73 bits per heavy atom. The summed E-state index contributed by atoms with van der Waals surface area (Å²) in [6, 6.07) is 9.89. The van der Waals surface area contributed by atoms with E-state index in [0.29, 0.717) is 5.75 Å². The molecule has 0 aliphatic carbocycles. The van der Waals surface area contributed by atoms with Crippen molar-refractivity contribution in [1.29, 1.82) is 0 Å². The van der Waals surface area contributed by atoms with Gasteiger partial charge in [-0.1, -0.05) is 30.3 Å². The molecule has 1 atom stereocenters. The van der Waals surface area contributed by atoms with Gasteiger partial charge in [-0.05, 0) is 5.56 Å². The highest BCUT2D eigenvalue weighted by atomic mass is 32.2. The first-order chi connectivity index (χ1) is 7.24. The molecule has 0 amide bonds. The second-order valence-corrected chi connectivity index (χ2v) is 4.25. The Morgan fingerprint density at radius 2 is 2.13 bits per heavy atom. The van der Waals surface area contributed by atoms with Crippen LogP contribution in [0.5, 0.6) is 0 Å². The second-order valence-electron chi connectivity index (χ2n) is 3.22. The minimum atomic E-state index is -0.274. The van der Waals surface area contributed by atoms with Crippen LogP contribution in [0.4, 0.5) is 0 Å². The Bertz CT molecular complexity index is 303. The molecule has 0 saturated heterocycles. The minimum Gasteiger partial charge on any atom is -0.465 e. The number of methoxy groups -OCH3 is 1. The SMILES string of the molecule is COC(=O)[C@@H]([NH3+])CSCc1ccccc1. The topological polar surface area (TPSA) is 53.9 Å². The predicted molar refractivity (Wildman–Crippen MR) is 61.3 cm³/mol. The Balaban J connectivity index is 2.25. The molecule has 0 aromatic heterocycles. The van der Waals surface area contributed by atoms with Crippen LogP contribution < -0.4 is 5.73 Å². The van der Waals surface area contributed by atoms with Crippen LogP contribution in [0, 0.1) is 0 Å². The van der Waals surface area contributed by atoms with Crippen molar-refractivity contribution in [2.45, 2.75) is 11.8 Å². The molecule has 0 spiro atoms. The Kier molecular flexibility index (Phi) is 5.21. The average Bonchev–Trinajstić information content (AvgIpc) is 2.29. The summed E-state index contributed by atoms with van der Waals surface area (Å²) in [4.78, 5) is 11.1. The summed E-state index contributed by atoms with van der Waals surface area (Å²) in [6.07, 6.45) is 0. The normalized spacial score (nSPS) is 12.1. The Hall–Kier alpha value is -1.00. The van der Waals surface area contributed by atoms with Crippen LogP contribution in [-0.2, 0) is 15.3 Å². The maximum absolute atomic E-state index is 11.1. The molecule has 0 heterocycles. The molecule has 3 nitrogen and oxygen atoms in total. The van der Waals surface area contributed by atoms with Gasteiger partial charge in [0, 0.05) is 5.75 Å². The number of thioether (sulfide) groups is 1. The largest absolute Gasteiger partial charge is 0.465 e. The van der Waals surface area contributed by atoms with Gasteiger partial charge in [-0.25, -0.2) is 4.79 Å². The smallest absolute Gasteiger partial charge is 0.365 e. The van der Waals surface area contributed by atoms with Crippen LogP contribution in [0.3, 0.4) is 0 Å². The van der Waals surface area contributed by atoms with E-state index in [1.54, 1.807) is 11.8 Å². The molecule has 4 heteroatoms. The summed E-state index contributed by atoms with van der Waals surface area (Å²) in [5.74, 6) is 1.36. The number of hydrogen-bond acceptors (Lipinski definition) is 3. The predicted octanol–water partition coefficient (Wildman–Crippen LogP) is 0.703. The molecule has 82 valence electrons. The van der Waals surface area contributed by atoms with Crippen molar-refractivity contribution in [3.63, 3.8) is 0 Å². The van der Waals surface area contributed by atoms with Gasteiger partial charge < -0.3 is 10.5 Å². The summed E-state index contributed by atoms with van der Waals surface area (Å²) in [5, 5.41) is 0. The molecular weight excluding hydrogens is 210 g/mol. The van der Waals surface area contributed by atoms with E-state index >= 15 is 0 Å². The third-order valence-corrected chi connectivity index (χ3v) is 3.14. The molecule has 0 saturated carbocycles. The van der Waals surface area contributed by atoms with Gasteiger partial charge in [-0.3, -0.25) is 0 Å². The highest BCUT2D eigenvalue weighted by Gasteiger charge is 2.16. The number of carbonyl (C=O) groups is 1. The molecule has 1 aromatic carbocycles. The zero-order chi connectivity index (χ0) is 11.1. The number of hydrogen-bond donors (Lipinski definition) is 1. The van der Waals surface area contributed by atoms with Crippen LogP contribution in [-0.4, -0.2) is 24.9 Å². The highest BCUT2D eigenvalue weighted by molar-refractivity contribution is 7.98. The first-order valence-corrected chi connectivity index (χ1v) is 5.92. The number of esters is 1.